The molecule has 0 spiro atoms. The third-order valence-electron chi connectivity index (χ3n) is 4.02. The van der Waals surface area contributed by atoms with Gasteiger partial charge >= 0.3 is 0 Å². The van der Waals surface area contributed by atoms with Gasteiger partial charge in [0.1, 0.15) is 15.6 Å². The molecule has 1 aliphatic rings. The first kappa shape index (κ1) is 17.7. The van der Waals surface area contributed by atoms with Gasteiger partial charge in [-0.3, -0.25) is 9.69 Å². The summed E-state index contributed by atoms with van der Waals surface area (Å²) in [6.45, 7) is 3.30. The number of ether oxygens (including phenoxy) is 1. The first-order chi connectivity index (χ1) is 10.9. The van der Waals surface area contributed by atoms with Crippen LogP contribution in [0, 0.1) is 0 Å². The Kier molecular flexibility index (Phi) is 6.01. The minimum atomic E-state index is -2.93. The number of carbonyl (C=O) groups excluding carboxylic acids is 1. The summed E-state index contributed by atoms with van der Waals surface area (Å²) >= 11 is 0. The van der Waals surface area contributed by atoms with Crippen molar-refractivity contribution in [3.05, 3.63) is 29.8 Å². The molecular weight excluding hydrogens is 316 g/mol. The molecule has 1 fully saturated rings. The average molecular weight is 340 g/mol. The van der Waals surface area contributed by atoms with E-state index in [0.717, 1.165) is 24.4 Å². The van der Waals surface area contributed by atoms with Crippen LogP contribution in [0.2, 0.25) is 0 Å². The highest BCUT2D eigenvalue weighted by molar-refractivity contribution is 7.90. The Labute approximate surface area is 137 Å². The maximum Gasteiger partial charge on any atom is 0.227 e. The first-order valence-corrected chi connectivity index (χ1v) is 9.74. The second-order valence-electron chi connectivity index (χ2n) is 5.88. The van der Waals surface area contributed by atoms with Gasteiger partial charge in [-0.2, -0.15) is 0 Å². The number of benzene rings is 1. The molecule has 1 saturated heterocycles. The zero-order valence-electron chi connectivity index (χ0n) is 13.7. The minimum Gasteiger partial charge on any atom is -0.497 e. The van der Waals surface area contributed by atoms with Crippen LogP contribution in [-0.4, -0.2) is 76.0 Å². The third-order valence-corrected chi connectivity index (χ3v) is 4.94. The number of rotatable bonds is 6. The molecule has 1 amide bonds. The molecule has 6 nitrogen and oxygen atoms in total. The van der Waals surface area contributed by atoms with E-state index >= 15 is 0 Å². The van der Waals surface area contributed by atoms with Gasteiger partial charge in [0.05, 0.1) is 19.3 Å². The smallest absolute Gasteiger partial charge is 0.227 e. The zero-order chi connectivity index (χ0) is 16.9. The van der Waals surface area contributed by atoms with Crippen LogP contribution in [0.5, 0.6) is 5.75 Å². The van der Waals surface area contributed by atoms with Crippen molar-refractivity contribution in [2.24, 2.45) is 0 Å². The SMILES string of the molecule is COc1ccc(CC(=O)N2CCN(CCS(C)(=O)=O)CC2)cc1. The third kappa shape index (κ3) is 5.84. The number of sulfone groups is 1. The molecule has 1 heterocycles. The van der Waals surface area contributed by atoms with E-state index in [1.807, 2.05) is 29.2 Å². The van der Waals surface area contributed by atoms with Gasteiger partial charge in [-0.05, 0) is 17.7 Å². The molecule has 23 heavy (non-hydrogen) atoms. The van der Waals surface area contributed by atoms with E-state index in [-0.39, 0.29) is 11.7 Å². The normalized spacial score (nSPS) is 16.3. The van der Waals surface area contributed by atoms with Crippen LogP contribution in [0.1, 0.15) is 5.56 Å². The van der Waals surface area contributed by atoms with Crippen molar-refractivity contribution in [3.63, 3.8) is 0 Å². The standard InChI is InChI=1S/C16H24N2O4S/c1-22-15-5-3-14(4-6-15)13-16(19)18-9-7-17(8-10-18)11-12-23(2,20)21/h3-6H,7-13H2,1-2H3. The number of piperazine rings is 1. The average Bonchev–Trinajstić information content (AvgIpc) is 2.53. The predicted molar refractivity (Wildman–Crippen MR) is 89.4 cm³/mol. The van der Waals surface area contributed by atoms with E-state index in [1.165, 1.54) is 6.26 Å². The van der Waals surface area contributed by atoms with E-state index in [2.05, 4.69) is 4.90 Å². The van der Waals surface area contributed by atoms with Crippen molar-refractivity contribution in [2.75, 3.05) is 51.8 Å². The summed E-state index contributed by atoms with van der Waals surface area (Å²) in [5.74, 6) is 1.06. The molecule has 7 heteroatoms. The molecule has 0 radical (unpaired) electrons. The van der Waals surface area contributed by atoms with Gasteiger partial charge in [0.25, 0.3) is 0 Å². The van der Waals surface area contributed by atoms with Gasteiger partial charge in [0, 0.05) is 39.0 Å². The van der Waals surface area contributed by atoms with Crippen LogP contribution in [0.25, 0.3) is 0 Å². The zero-order valence-corrected chi connectivity index (χ0v) is 14.5. The van der Waals surface area contributed by atoms with Crippen LogP contribution in [0.3, 0.4) is 0 Å². The van der Waals surface area contributed by atoms with Crippen molar-refractivity contribution in [3.8, 4) is 5.75 Å². The van der Waals surface area contributed by atoms with Crippen molar-refractivity contribution in [1.82, 2.24) is 9.80 Å². The Balaban J connectivity index is 1.78. The molecule has 0 aliphatic carbocycles. The van der Waals surface area contributed by atoms with E-state index in [4.69, 9.17) is 4.74 Å². The van der Waals surface area contributed by atoms with Crippen LogP contribution < -0.4 is 4.74 Å². The fraction of sp³-hybridized carbons (Fsp3) is 0.562. The van der Waals surface area contributed by atoms with E-state index in [0.29, 0.717) is 26.1 Å². The number of nitrogens with zero attached hydrogens (tertiary/aromatic N) is 2. The lowest BCUT2D eigenvalue weighted by Gasteiger charge is -2.34. The van der Waals surface area contributed by atoms with Gasteiger partial charge < -0.3 is 9.64 Å². The summed E-state index contributed by atoms with van der Waals surface area (Å²) < 4.78 is 27.5. The summed E-state index contributed by atoms with van der Waals surface area (Å²) in [5, 5.41) is 0. The second-order valence-corrected chi connectivity index (χ2v) is 8.14. The summed E-state index contributed by atoms with van der Waals surface area (Å²) in [4.78, 5) is 16.3. The largest absolute Gasteiger partial charge is 0.497 e. The lowest BCUT2D eigenvalue weighted by molar-refractivity contribution is -0.132. The highest BCUT2D eigenvalue weighted by Gasteiger charge is 2.21. The summed E-state index contributed by atoms with van der Waals surface area (Å²) in [6.07, 6.45) is 1.63. The van der Waals surface area contributed by atoms with Crippen LogP contribution >= 0.6 is 0 Å². The summed E-state index contributed by atoms with van der Waals surface area (Å²) in [5.41, 5.74) is 0.968. The van der Waals surface area contributed by atoms with E-state index in [9.17, 15) is 13.2 Å². The number of carbonyl (C=O) groups is 1. The monoisotopic (exact) mass is 340 g/mol. The lowest BCUT2D eigenvalue weighted by Crippen LogP contribution is -2.50. The topological polar surface area (TPSA) is 66.9 Å². The van der Waals surface area contributed by atoms with Gasteiger partial charge in [-0.25, -0.2) is 8.42 Å². The van der Waals surface area contributed by atoms with Crippen molar-refractivity contribution in [2.45, 2.75) is 6.42 Å². The van der Waals surface area contributed by atoms with E-state index in [1.54, 1.807) is 7.11 Å². The Morgan fingerprint density at radius 2 is 1.74 bits per heavy atom. The maximum atomic E-state index is 12.3. The van der Waals surface area contributed by atoms with Crippen LogP contribution in [-0.2, 0) is 21.1 Å². The molecule has 0 bridgehead atoms. The van der Waals surface area contributed by atoms with Crippen molar-refractivity contribution >= 4 is 15.7 Å². The lowest BCUT2D eigenvalue weighted by atomic mass is 10.1. The molecule has 0 aromatic heterocycles. The minimum absolute atomic E-state index is 0.109. The second kappa shape index (κ2) is 7.79. The Bertz CT molecular complexity index is 620. The highest BCUT2D eigenvalue weighted by atomic mass is 32.2. The summed E-state index contributed by atoms with van der Waals surface area (Å²) in [6, 6.07) is 7.51. The van der Waals surface area contributed by atoms with Crippen molar-refractivity contribution in [1.29, 1.82) is 0 Å². The summed E-state index contributed by atoms with van der Waals surface area (Å²) in [7, 11) is -1.32. The molecule has 1 aromatic rings. The highest BCUT2D eigenvalue weighted by Crippen LogP contribution is 2.13. The van der Waals surface area contributed by atoms with Crippen LogP contribution in [0.4, 0.5) is 0 Å². The molecular formula is C16H24N2O4S. The molecule has 1 aliphatic heterocycles. The fourth-order valence-corrected chi connectivity index (χ4v) is 3.14. The van der Waals surface area contributed by atoms with Gasteiger partial charge in [-0.15, -0.1) is 0 Å². The van der Waals surface area contributed by atoms with Crippen LogP contribution in [0.15, 0.2) is 24.3 Å². The molecule has 0 atom stereocenters. The molecule has 2 rings (SSSR count). The first-order valence-electron chi connectivity index (χ1n) is 7.68. The maximum absolute atomic E-state index is 12.3. The Hall–Kier alpha value is -1.60. The van der Waals surface area contributed by atoms with Crippen molar-refractivity contribution < 1.29 is 17.9 Å². The molecule has 128 valence electrons. The number of methoxy groups -OCH3 is 1. The number of hydrogen-bond acceptors (Lipinski definition) is 5. The molecule has 0 saturated carbocycles. The van der Waals surface area contributed by atoms with E-state index < -0.39 is 9.84 Å². The molecule has 0 N–H and O–H groups in total. The molecule has 0 unspecified atom stereocenters. The van der Waals surface area contributed by atoms with Gasteiger partial charge in [-0.1, -0.05) is 12.1 Å². The quantitative estimate of drug-likeness (QED) is 0.751. The Morgan fingerprint density at radius 3 is 2.26 bits per heavy atom. The number of hydrogen-bond donors (Lipinski definition) is 0. The Morgan fingerprint density at radius 1 is 1.13 bits per heavy atom. The predicted octanol–water partition coefficient (Wildman–Crippen LogP) is 0.427. The fourth-order valence-electron chi connectivity index (χ4n) is 2.55. The van der Waals surface area contributed by atoms with Gasteiger partial charge in [0.2, 0.25) is 5.91 Å². The van der Waals surface area contributed by atoms with Gasteiger partial charge in [0.15, 0.2) is 0 Å². The number of amides is 1. The molecule has 1 aromatic carbocycles.